The second-order valence-corrected chi connectivity index (χ2v) is 6.64. The molecule has 3 rings (SSSR count). The van der Waals surface area contributed by atoms with Gasteiger partial charge < -0.3 is 5.32 Å². The molecule has 1 aromatic heterocycles. The molecule has 21 heavy (non-hydrogen) atoms. The summed E-state index contributed by atoms with van der Waals surface area (Å²) in [5.41, 5.74) is 2.51. The highest BCUT2D eigenvalue weighted by Gasteiger charge is 2.16. The summed E-state index contributed by atoms with van der Waals surface area (Å²) in [4.78, 5) is 5.90. The van der Waals surface area contributed by atoms with Crippen LogP contribution in [0.15, 0.2) is 42.5 Å². The Labute approximate surface area is 129 Å². The summed E-state index contributed by atoms with van der Waals surface area (Å²) in [6, 6.07) is 15.6. The molecule has 2 nitrogen and oxygen atoms in total. The first-order valence-electron chi connectivity index (χ1n) is 7.26. The molecule has 0 aliphatic heterocycles. The predicted octanol–water partition coefficient (Wildman–Crippen LogP) is 4.42. The number of thiazole rings is 1. The van der Waals surface area contributed by atoms with Crippen molar-refractivity contribution in [3.63, 3.8) is 0 Å². The molecule has 0 fully saturated rings. The van der Waals surface area contributed by atoms with E-state index in [9.17, 15) is 0 Å². The van der Waals surface area contributed by atoms with Crippen molar-refractivity contribution in [3.05, 3.63) is 63.6 Å². The maximum Gasteiger partial charge on any atom is 0.0900 e. The third-order valence-electron chi connectivity index (χ3n) is 3.86. The summed E-state index contributed by atoms with van der Waals surface area (Å²) in [5, 5.41) is 7.19. The summed E-state index contributed by atoms with van der Waals surface area (Å²) in [6.07, 6.45) is 0.990. The largest absolute Gasteiger partial charge is 0.312 e. The van der Waals surface area contributed by atoms with Gasteiger partial charge >= 0.3 is 0 Å². The summed E-state index contributed by atoms with van der Waals surface area (Å²) >= 11 is 1.80. The van der Waals surface area contributed by atoms with Gasteiger partial charge in [0.1, 0.15) is 0 Å². The lowest BCUT2D eigenvalue weighted by Gasteiger charge is -2.15. The number of hydrogen-bond donors (Lipinski definition) is 1. The van der Waals surface area contributed by atoms with Crippen LogP contribution in [0.3, 0.4) is 0 Å². The Morgan fingerprint density at radius 1 is 1.10 bits per heavy atom. The molecule has 2 aromatic carbocycles. The molecule has 0 radical (unpaired) electrons. The molecule has 3 heteroatoms. The second-order valence-electron chi connectivity index (χ2n) is 5.41. The Balaban J connectivity index is 1.90. The van der Waals surface area contributed by atoms with Gasteiger partial charge in [-0.05, 0) is 43.7 Å². The van der Waals surface area contributed by atoms with Gasteiger partial charge in [0.25, 0.3) is 0 Å². The lowest BCUT2D eigenvalue weighted by atomic mass is 10.0. The molecule has 0 saturated heterocycles. The van der Waals surface area contributed by atoms with Crippen molar-refractivity contribution in [2.45, 2.75) is 26.3 Å². The van der Waals surface area contributed by atoms with Gasteiger partial charge in [-0.25, -0.2) is 4.98 Å². The van der Waals surface area contributed by atoms with E-state index >= 15 is 0 Å². The number of benzene rings is 2. The summed E-state index contributed by atoms with van der Waals surface area (Å²) in [5.74, 6) is 0. The highest BCUT2D eigenvalue weighted by molar-refractivity contribution is 7.11. The van der Waals surface area contributed by atoms with Crippen LogP contribution in [-0.2, 0) is 6.42 Å². The van der Waals surface area contributed by atoms with Crippen LogP contribution in [0, 0.1) is 13.8 Å². The third-order valence-corrected chi connectivity index (χ3v) is 5.04. The number of nitrogens with one attached hydrogen (secondary N) is 1. The molecule has 1 atom stereocenters. The van der Waals surface area contributed by atoms with Gasteiger partial charge in [0.2, 0.25) is 0 Å². The first kappa shape index (κ1) is 14.2. The topological polar surface area (TPSA) is 24.9 Å². The second kappa shape index (κ2) is 5.96. The average Bonchev–Trinajstić information content (AvgIpc) is 2.83. The fourth-order valence-electron chi connectivity index (χ4n) is 2.80. The molecule has 3 aromatic rings. The Morgan fingerprint density at radius 2 is 1.86 bits per heavy atom. The van der Waals surface area contributed by atoms with Gasteiger partial charge in [0.05, 0.1) is 10.7 Å². The van der Waals surface area contributed by atoms with Crippen LogP contribution in [0.4, 0.5) is 0 Å². The van der Waals surface area contributed by atoms with E-state index in [1.807, 2.05) is 7.05 Å². The van der Waals surface area contributed by atoms with Crippen molar-refractivity contribution in [1.29, 1.82) is 0 Å². The maximum atomic E-state index is 4.55. The van der Waals surface area contributed by atoms with Gasteiger partial charge in [-0.3, -0.25) is 0 Å². The highest BCUT2D eigenvalue weighted by atomic mass is 32.1. The predicted molar refractivity (Wildman–Crippen MR) is 91.0 cm³/mol. The normalized spacial score (nSPS) is 12.7. The molecule has 1 N–H and O–H groups in total. The van der Waals surface area contributed by atoms with Crippen LogP contribution < -0.4 is 5.32 Å². The van der Waals surface area contributed by atoms with Crippen LogP contribution in [-0.4, -0.2) is 12.0 Å². The minimum atomic E-state index is 0.331. The van der Waals surface area contributed by atoms with Crippen LogP contribution in [0.2, 0.25) is 0 Å². The van der Waals surface area contributed by atoms with E-state index in [2.05, 4.69) is 66.6 Å². The van der Waals surface area contributed by atoms with Gasteiger partial charge in [0, 0.05) is 10.9 Å². The molecule has 1 heterocycles. The molecule has 108 valence electrons. The van der Waals surface area contributed by atoms with Crippen molar-refractivity contribution in [3.8, 4) is 0 Å². The molecular formula is C18H20N2S. The van der Waals surface area contributed by atoms with E-state index in [0.29, 0.717) is 6.04 Å². The van der Waals surface area contributed by atoms with E-state index in [1.54, 1.807) is 11.3 Å². The number of nitrogens with zero attached hydrogens (tertiary/aromatic N) is 1. The molecule has 0 aliphatic rings. The zero-order valence-corrected chi connectivity index (χ0v) is 13.5. The van der Waals surface area contributed by atoms with Gasteiger partial charge in [0.15, 0.2) is 0 Å². The van der Waals surface area contributed by atoms with E-state index in [4.69, 9.17) is 0 Å². The van der Waals surface area contributed by atoms with Gasteiger partial charge in [-0.15, -0.1) is 11.3 Å². The van der Waals surface area contributed by atoms with Crippen LogP contribution in [0.1, 0.15) is 27.2 Å². The SMILES string of the molecule is CNC(Cc1ccc2ccccc2c1)c1sc(C)nc1C. The average molecular weight is 296 g/mol. The zero-order valence-electron chi connectivity index (χ0n) is 12.7. The van der Waals surface area contributed by atoms with E-state index < -0.39 is 0 Å². The van der Waals surface area contributed by atoms with Crippen molar-refractivity contribution in [2.24, 2.45) is 0 Å². The van der Waals surface area contributed by atoms with E-state index in [1.165, 1.54) is 21.2 Å². The molecular weight excluding hydrogens is 276 g/mol. The first-order chi connectivity index (χ1) is 10.2. The molecule has 0 saturated carbocycles. The number of likely N-dealkylation sites (N-methyl/N-ethyl adjacent to an activating group) is 1. The maximum absolute atomic E-state index is 4.55. The lowest BCUT2D eigenvalue weighted by molar-refractivity contribution is 0.598. The number of aryl methyl sites for hydroxylation is 2. The van der Waals surface area contributed by atoms with Crippen LogP contribution in [0.5, 0.6) is 0 Å². The minimum Gasteiger partial charge on any atom is -0.312 e. The quantitative estimate of drug-likeness (QED) is 0.771. The number of hydrogen-bond acceptors (Lipinski definition) is 3. The van der Waals surface area contributed by atoms with Gasteiger partial charge in [-0.1, -0.05) is 42.5 Å². The summed E-state index contributed by atoms with van der Waals surface area (Å²) in [6.45, 7) is 4.17. The Morgan fingerprint density at radius 3 is 2.52 bits per heavy atom. The molecule has 0 spiro atoms. The fourth-order valence-corrected chi connectivity index (χ4v) is 3.84. The minimum absolute atomic E-state index is 0.331. The molecule has 0 amide bonds. The van der Waals surface area contributed by atoms with Crippen LogP contribution >= 0.6 is 11.3 Å². The van der Waals surface area contributed by atoms with E-state index in [0.717, 1.165) is 17.1 Å². The lowest BCUT2D eigenvalue weighted by Crippen LogP contribution is -2.18. The first-order valence-corrected chi connectivity index (χ1v) is 8.08. The van der Waals surface area contributed by atoms with Crippen molar-refractivity contribution < 1.29 is 0 Å². The number of rotatable bonds is 4. The Bertz CT molecular complexity index is 761. The smallest absolute Gasteiger partial charge is 0.0900 e. The monoisotopic (exact) mass is 296 g/mol. The fraction of sp³-hybridized carbons (Fsp3) is 0.278. The Hall–Kier alpha value is -1.71. The third kappa shape index (κ3) is 2.99. The van der Waals surface area contributed by atoms with Crippen LogP contribution in [0.25, 0.3) is 10.8 Å². The van der Waals surface area contributed by atoms with Crippen molar-refractivity contribution >= 4 is 22.1 Å². The van der Waals surface area contributed by atoms with Gasteiger partial charge in [-0.2, -0.15) is 0 Å². The van der Waals surface area contributed by atoms with Crippen molar-refractivity contribution in [2.75, 3.05) is 7.05 Å². The molecule has 1 unspecified atom stereocenters. The molecule has 0 aliphatic carbocycles. The highest BCUT2D eigenvalue weighted by Crippen LogP contribution is 2.28. The van der Waals surface area contributed by atoms with Crippen molar-refractivity contribution in [1.82, 2.24) is 10.3 Å². The molecule has 0 bridgehead atoms. The number of fused-ring (bicyclic) bond motifs is 1. The Kier molecular flexibility index (Phi) is 4.04. The number of aromatic nitrogens is 1. The van der Waals surface area contributed by atoms with E-state index in [-0.39, 0.29) is 0 Å². The summed E-state index contributed by atoms with van der Waals surface area (Å²) in [7, 11) is 2.03. The standard InChI is InChI=1S/C18H20N2S/c1-12-18(21-13(2)20-12)17(19-3)11-14-8-9-15-6-4-5-7-16(15)10-14/h4-10,17,19H,11H2,1-3H3. The zero-order chi connectivity index (χ0) is 14.8. The summed E-state index contributed by atoms with van der Waals surface area (Å²) < 4.78 is 0.